The molecule has 0 bridgehead atoms. The maximum atomic E-state index is 5.59. The van der Waals surface area contributed by atoms with Gasteiger partial charge in [-0.25, -0.2) is 0 Å². The summed E-state index contributed by atoms with van der Waals surface area (Å²) in [6.07, 6.45) is 1.13. The van der Waals surface area contributed by atoms with E-state index in [4.69, 9.17) is 4.74 Å². The number of thioether (sulfide) groups is 1. The Labute approximate surface area is 90.9 Å². The first kappa shape index (κ1) is 11.4. The number of ether oxygens (including phenoxy) is 1. The standard InChI is InChI=1S/C12H18OS/c1-3-14-10-4-9-13-12-7-5-11(2)6-8-12/h5-8H,3-4,9-10H2,1-2H3. The van der Waals surface area contributed by atoms with Gasteiger partial charge >= 0.3 is 0 Å². The molecule has 1 aromatic rings. The summed E-state index contributed by atoms with van der Waals surface area (Å²) in [7, 11) is 0. The van der Waals surface area contributed by atoms with Gasteiger partial charge in [0.15, 0.2) is 0 Å². The lowest BCUT2D eigenvalue weighted by molar-refractivity contribution is 0.318. The smallest absolute Gasteiger partial charge is 0.119 e. The third kappa shape index (κ3) is 4.56. The predicted molar refractivity (Wildman–Crippen MR) is 64.3 cm³/mol. The van der Waals surface area contributed by atoms with Gasteiger partial charge in [0, 0.05) is 0 Å². The lowest BCUT2D eigenvalue weighted by Gasteiger charge is -2.05. The van der Waals surface area contributed by atoms with Crippen molar-refractivity contribution in [3.05, 3.63) is 29.8 Å². The van der Waals surface area contributed by atoms with Gasteiger partial charge in [-0.2, -0.15) is 11.8 Å². The highest BCUT2D eigenvalue weighted by molar-refractivity contribution is 7.99. The van der Waals surface area contributed by atoms with Crippen molar-refractivity contribution in [3.8, 4) is 5.75 Å². The Kier molecular flexibility index (Phi) is 5.53. The summed E-state index contributed by atoms with van der Waals surface area (Å²) in [6, 6.07) is 8.22. The van der Waals surface area contributed by atoms with E-state index < -0.39 is 0 Å². The first-order valence-corrected chi connectivity index (χ1v) is 6.25. The minimum atomic E-state index is 0.829. The Hall–Kier alpha value is -0.630. The van der Waals surface area contributed by atoms with E-state index in [-0.39, 0.29) is 0 Å². The van der Waals surface area contributed by atoms with Gasteiger partial charge in [-0.05, 0) is 37.0 Å². The number of rotatable bonds is 6. The Morgan fingerprint density at radius 3 is 2.57 bits per heavy atom. The van der Waals surface area contributed by atoms with Crippen molar-refractivity contribution in [2.45, 2.75) is 20.3 Å². The quantitative estimate of drug-likeness (QED) is 0.664. The highest BCUT2D eigenvalue weighted by Gasteiger charge is 1.92. The maximum absolute atomic E-state index is 5.59. The Morgan fingerprint density at radius 1 is 1.21 bits per heavy atom. The minimum Gasteiger partial charge on any atom is -0.494 e. The van der Waals surface area contributed by atoms with E-state index in [1.807, 2.05) is 23.9 Å². The van der Waals surface area contributed by atoms with Gasteiger partial charge < -0.3 is 4.74 Å². The van der Waals surface area contributed by atoms with Crippen molar-refractivity contribution < 1.29 is 4.74 Å². The van der Waals surface area contributed by atoms with Crippen LogP contribution in [-0.4, -0.2) is 18.1 Å². The summed E-state index contributed by atoms with van der Waals surface area (Å²) in [5.41, 5.74) is 1.28. The van der Waals surface area contributed by atoms with E-state index in [0.29, 0.717) is 0 Å². The molecule has 2 heteroatoms. The van der Waals surface area contributed by atoms with Crippen LogP contribution in [0.4, 0.5) is 0 Å². The second-order valence-corrected chi connectivity index (χ2v) is 4.61. The van der Waals surface area contributed by atoms with Gasteiger partial charge in [-0.1, -0.05) is 24.6 Å². The van der Waals surface area contributed by atoms with Crippen LogP contribution < -0.4 is 4.74 Å². The summed E-state index contributed by atoms with van der Waals surface area (Å²) in [5.74, 6) is 3.38. The largest absolute Gasteiger partial charge is 0.494 e. The van der Waals surface area contributed by atoms with Gasteiger partial charge in [-0.15, -0.1) is 0 Å². The molecule has 0 N–H and O–H groups in total. The van der Waals surface area contributed by atoms with Crippen molar-refractivity contribution in [3.63, 3.8) is 0 Å². The van der Waals surface area contributed by atoms with Crippen LogP contribution in [0.25, 0.3) is 0 Å². The fraction of sp³-hybridized carbons (Fsp3) is 0.500. The van der Waals surface area contributed by atoms with Crippen molar-refractivity contribution in [2.24, 2.45) is 0 Å². The van der Waals surface area contributed by atoms with Crippen LogP contribution in [0.15, 0.2) is 24.3 Å². The van der Waals surface area contributed by atoms with Crippen molar-refractivity contribution in [1.29, 1.82) is 0 Å². The van der Waals surface area contributed by atoms with Crippen LogP contribution in [-0.2, 0) is 0 Å². The monoisotopic (exact) mass is 210 g/mol. The van der Waals surface area contributed by atoms with Gasteiger partial charge in [0.1, 0.15) is 5.75 Å². The zero-order valence-electron chi connectivity index (χ0n) is 8.95. The fourth-order valence-electron chi connectivity index (χ4n) is 1.13. The van der Waals surface area contributed by atoms with E-state index >= 15 is 0 Å². The third-order valence-electron chi connectivity index (χ3n) is 1.93. The second-order valence-electron chi connectivity index (χ2n) is 3.21. The molecule has 0 aliphatic carbocycles. The molecule has 0 atom stereocenters. The molecule has 0 aliphatic heterocycles. The number of benzene rings is 1. The summed E-state index contributed by atoms with van der Waals surface area (Å²) in [5, 5.41) is 0. The van der Waals surface area contributed by atoms with E-state index in [1.165, 1.54) is 17.1 Å². The molecule has 78 valence electrons. The molecule has 1 nitrogen and oxygen atoms in total. The van der Waals surface area contributed by atoms with Crippen molar-refractivity contribution >= 4 is 11.8 Å². The zero-order valence-corrected chi connectivity index (χ0v) is 9.77. The normalized spacial score (nSPS) is 10.1. The van der Waals surface area contributed by atoms with Crippen LogP contribution >= 0.6 is 11.8 Å². The van der Waals surface area contributed by atoms with Gasteiger partial charge in [0.05, 0.1) is 6.61 Å². The van der Waals surface area contributed by atoms with E-state index in [1.54, 1.807) is 0 Å². The summed E-state index contributed by atoms with van der Waals surface area (Å²) in [4.78, 5) is 0. The van der Waals surface area contributed by atoms with Crippen LogP contribution in [0.1, 0.15) is 18.9 Å². The molecule has 1 aromatic carbocycles. The Morgan fingerprint density at radius 2 is 1.93 bits per heavy atom. The maximum Gasteiger partial charge on any atom is 0.119 e. The lowest BCUT2D eigenvalue weighted by atomic mass is 10.2. The molecule has 14 heavy (non-hydrogen) atoms. The summed E-state index contributed by atoms with van der Waals surface area (Å²) in [6.45, 7) is 5.10. The lowest BCUT2D eigenvalue weighted by Crippen LogP contribution is -1.98. The highest BCUT2D eigenvalue weighted by Crippen LogP contribution is 2.12. The zero-order chi connectivity index (χ0) is 10.2. The number of hydrogen-bond acceptors (Lipinski definition) is 2. The molecule has 0 radical (unpaired) electrons. The van der Waals surface area contributed by atoms with Crippen LogP contribution in [0.3, 0.4) is 0 Å². The van der Waals surface area contributed by atoms with Crippen molar-refractivity contribution in [1.82, 2.24) is 0 Å². The topological polar surface area (TPSA) is 9.23 Å². The molecule has 1 rings (SSSR count). The number of aryl methyl sites for hydroxylation is 1. The molecule has 0 spiro atoms. The first-order valence-electron chi connectivity index (χ1n) is 5.10. The van der Waals surface area contributed by atoms with Crippen LogP contribution in [0.5, 0.6) is 5.75 Å². The second kappa shape index (κ2) is 6.77. The molecule has 0 heterocycles. The van der Waals surface area contributed by atoms with E-state index in [9.17, 15) is 0 Å². The van der Waals surface area contributed by atoms with E-state index in [2.05, 4.69) is 26.0 Å². The highest BCUT2D eigenvalue weighted by atomic mass is 32.2. The van der Waals surface area contributed by atoms with Crippen molar-refractivity contribution in [2.75, 3.05) is 18.1 Å². The molecule has 0 amide bonds. The van der Waals surface area contributed by atoms with Gasteiger partial charge in [0.25, 0.3) is 0 Å². The summed E-state index contributed by atoms with van der Waals surface area (Å²) >= 11 is 1.97. The Bertz CT molecular complexity index is 243. The molecule has 0 aliphatic rings. The first-order chi connectivity index (χ1) is 6.83. The average Bonchev–Trinajstić information content (AvgIpc) is 2.21. The SMILES string of the molecule is CCSCCCOc1ccc(C)cc1. The third-order valence-corrected chi connectivity index (χ3v) is 2.91. The molecule has 0 unspecified atom stereocenters. The summed E-state index contributed by atoms with van der Waals surface area (Å²) < 4.78 is 5.59. The van der Waals surface area contributed by atoms with Gasteiger partial charge in [-0.3, -0.25) is 0 Å². The molecular weight excluding hydrogens is 192 g/mol. The van der Waals surface area contributed by atoms with Crippen LogP contribution in [0.2, 0.25) is 0 Å². The minimum absolute atomic E-state index is 0.829. The molecule has 0 saturated heterocycles. The number of hydrogen-bond donors (Lipinski definition) is 0. The van der Waals surface area contributed by atoms with Gasteiger partial charge in [0.2, 0.25) is 0 Å². The molecular formula is C12H18OS. The predicted octanol–water partition coefficient (Wildman–Crippen LogP) is 3.52. The average molecular weight is 210 g/mol. The fourth-order valence-corrected chi connectivity index (χ4v) is 1.74. The molecule has 0 saturated carbocycles. The molecule has 0 fully saturated rings. The Balaban J connectivity index is 2.15. The van der Waals surface area contributed by atoms with Crippen LogP contribution in [0, 0.1) is 6.92 Å². The van der Waals surface area contributed by atoms with E-state index in [0.717, 1.165) is 18.8 Å². The molecule has 0 aromatic heterocycles.